The Kier molecular flexibility index (Phi) is 3.16. The van der Waals surface area contributed by atoms with Gasteiger partial charge in [-0.25, -0.2) is 9.97 Å². The molecule has 3 aromatic rings. The number of hydrogen-bond acceptors (Lipinski definition) is 3. The van der Waals surface area contributed by atoms with Gasteiger partial charge in [-0.05, 0) is 36.8 Å². The normalized spacial score (nSPS) is 10.7. The molecule has 2 N–H and O–H groups in total. The van der Waals surface area contributed by atoms with Crippen LogP contribution in [0.25, 0.3) is 16.9 Å². The van der Waals surface area contributed by atoms with Gasteiger partial charge in [0.1, 0.15) is 5.82 Å². The third-order valence-electron chi connectivity index (χ3n) is 3.08. The second kappa shape index (κ2) is 4.98. The first-order valence-electron chi connectivity index (χ1n) is 6.16. The van der Waals surface area contributed by atoms with Crippen molar-refractivity contribution >= 4 is 17.4 Å². The summed E-state index contributed by atoms with van der Waals surface area (Å²) < 4.78 is 1.95. The summed E-state index contributed by atoms with van der Waals surface area (Å²) in [6.07, 6.45) is 5.25. The Balaban J connectivity index is 2.15. The monoisotopic (exact) mass is 284 g/mol. The van der Waals surface area contributed by atoms with Gasteiger partial charge in [-0.15, -0.1) is 0 Å². The first-order valence-corrected chi connectivity index (χ1v) is 6.54. The van der Waals surface area contributed by atoms with Gasteiger partial charge >= 0.3 is 0 Å². The number of anilines is 1. The largest absolute Gasteiger partial charge is 0.384 e. The number of benzene rings is 1. The van der Waals surface area contributed by atoms with Crippen LogP contribution in [0.4, 0.5) is 5.82 Å². The molecule has 0 fully saturated rings. The van der Waals surface area contributed by atoms with Crippen molar-refractivity contribution < 1.29 is 0 Å². The van der Waals surface area contributed by atoms with Crippen molar-refractivity contribution in [3.8, 4) is 16.9 Å². The van der Waals surface area contributed by atoms with Crippen LogP contribution in [-0.2, 0) is 0 Å². The quantitative estimate of drug-likeness (QED) is 0.784. The van der Waals surface area contributed by atoms with E-state index < -0.39 is 0 Å². The van der Waals surface area contributed by atoms with Crippen LogP contribution < -0.4 is 5.73 Å². The second-order valence-electron chi connectivity index (χ2n) is 4.58. The number of rotatable bonds is 2. The van der Waals surface area contributed by atoms with Crippen LogP contribution in [0, 0.1) is 6.92 Å². The van der Waals surface area contributed by atoms with Gasteiger partial charge in [0.2, 0.25) is 0 Å². The minimum absolute atomic E-state index is 0.494. The van der Waals surface area contributed by atoms with Crippen LogP contribution in [0.15, 0.2) is 49.1 Å². The van der Waals surface area contributed by atoms with E-state index in [1.807, 2.05) is 35.8 Å². The van der Waals surface area contributed by atoms with E-state index in [1.165, 1.54) is 0 Å². The number of pyridine rings is 1. The predicted octanol–water partition coefficient (Wildman–Crippen LogP) is 3.48. The van der Waals surface area contributed by atoms with Gasteiger partial charge in [0.15, 0.2) is 0 Å². The number of aromatic nitrogens is 3. The predicted molar refractivity (Wildman–Crippen MR) is 81.0 cm³/mol. The summed E-state index contributed by atoms with van der Waals surface area (Å²) in [5.41, 5.74) is 9.52. The molecule has 0 aliphatic rings. The van der Waals surface area contributed by atoms with Gasteiger partial charge in [-0.3, -0.25) is 4.57 Å². The Morgan fingerprint density at radius 3 is 2.75 bits per heavy atom. The number of imidazole rings is 1. The molecule has 0 atom stereocenters. The molecule has 0 amide bonds. The summed E-state index contributed by atoms with van der Waals surface area (Å²) in [5, 5.41) is 0.679. The highest BCUT2D eigenvalue weighted by Gasteiger charge is 2.10. The molecule has 2 aromatic heterocycles. The Bertz CT molecular complexity index is 747. The Hall–Kier alpha value is -2.33. The third-order valence-corrected chi connectivity index (χ3v) is 3.40. The maximum Gasteiger partial charge on any atom is 0.123 e. The molecule has 100 valence electrons. The van der Waals surface area contributed by atoms with Crippen molar-refractivity contribution in [2.75, 3.05) is 5.73 Å². The van der Waals surface area contributed by atoms with Crippen LogP contribution in [0.5, 0.6) is 0 Å². The van der Waals surface area contributed by atoms with Crippen molar-refractivity contribution in [1.29, 1.82) is 0 Å². The summed E-state index contributed by atoms with van der Waals surface area (Å²) in [6, 6.07) is 9.58. The molecular formula is C15H13ClN4. The molecule has 4 nitrogen and oxygen atoms in total. The third kappa shape index (κ3) is 2.26. The van der Waals surface area contributed by atoms with Gasteiger partial charge in [-0.2, -0.15) is 0 Å². The summed E-state index contributed by atoms with van der Waals surface area (Å²) >= 11 is 6.29. The van der Waals surface area contributed by atoms with Gasteiger partial charge in [0, 0.05) is 11.8 Å². The highest BCUT2D eigenvalue weighted by Crippen LogP contribution is 2.27. The molecular weight excluding hydrogens is 272 g/mol. The van der Waals surface area contributed by atoms with Gasteiger partial charge in [0.05, 0.1) is 28.9 Å². The molecule has 20 heavy (non-hydrogen) atoms. The smallest absolute Gasteiger partial charge is 0.123 e. The number of nitrogens with two attached hydrogens (primary N) is 1. The zero-order chi connectivity index (χ0) is 14.1. The fourth-order valence-corrected chi connectivity index (χ4v) is 2.27. The van der Waals surface area contributed by atoms with Crippen LogP contribution in [0.2, 0.25) is 5.02 Å². The van der Waals surface area contributed by atoms with E-state index in [0.29, 0.717) is 10.8 Å². The first-order chi connectivity index (χ1) is 9.65. The molecule has 0 unspecified atom stereocenters. The van der Waals surface area contributed by atoms with E-state index in [4.69, 9.17) is 17.3 Å². The van der Waals surface area contributed by atoms with E-state index >= 15 is 0 Å². The molecule has 0 saturated carbocycles. The minimum Gasteiger partial charge on any atom is -0.384 e. The lowest BCUT2D eigenvalue weighted by molar-refractivity contribution is 1.06. The lowest BCUT2D eigenvalue weighted by Gasteiger charge is -2.11. The Labute approximate surface area is 121 Å². The Morgan fingerprint density at radius 1 is 1.15 bits per heavy atom. The molecule has 0 aliphatic carbocycles. The van der Waals surface area contributed by atoms with Gasteiger partial charge < -0.3 is 5.73 Å². The summed E-state index contributed by atoms with van der Waals surface area (Å²) in [4.78, 5) is 8.33. The van der Waals surface area contributed by atoms with Crippen LogP contribution in [0.3, 0.4) is 0 Å². The second-order valence-corrected chi connectivity index (χ2v) is 4.98. The maximum atomic E-state index is 6.29. The zero-order valence-corrected chi connectivity index (χ0v) is 11.7. The van der Waals surface area contributed by atoms with Gasteiger partial charge in [0.25, 0.3) is 0 Å². The summed E-state index contributed by atoms with van der Waals surface area (Å²) in [7, 11) is 0. The van der Waals surface area contributed by atoms with Crippen LogP contribution in [-0.4, -0.2) is 14.5 Å². The summed E-state index contributed by atoms with van der Waals surface area (Å²) in [5.74, 6) is 0.494. The number of halogens is 1. The van der Waals surface area contributed by atoms with Crippen molar-refractivity contribution in [1.82, 2.24) is 14.5 Å². The molecule has 5 heteroatoms. The zero-order valence-electron chi connectivity index (χ0n) is 10.9. The summed E-state index contributed by atoms with van der Waals surface area (Å²) in [6.45, 7) is 2.03. The lowest BCUT2D eigenvalue weighted by atomic mass is 10.2. The number of hydrogen-bond donors (Lipinski definition) is 1. The van der Waals surface area contributed by atoms with Crippen molar-refractivity contribution in [2.45, 2.75) is 6.92 Å². The topological polar surface area (TPSA) is 56.7 Å². The number of nitrogens with zero attached hydrogens (tertiary/aromatic N) is 3. The maximum absolute atomic E-state index is 6.29. The van der Waals surface area contributed by atoms with E-state index in [1.54, 1.807) is 24.8 Å². The van der Waals surface area contributed by atoms with Crippen molar-refractivity contribution in [2.24, 2.45) is 0 Å². The van der Waals surface area contributed by atoms with E-state index in [-0.39, 0.29) is 0 Å². The SMILES string of the molecule is Cc1ccc(Cl)c(-n2cncc2-c2ccc(N)nc2)c1. The molecule has 0 saturated heterocycles. The number of nitrogen functional groups attached to an aromatic ring is 1. The van der Waals surface area contributed by atoms with Crippen LogP contribution in [0.1, 0.15) is 5.56 Å². The standard InChI is InChI=1S/C15H13ClN4/c1-10-2-4-12(16)13(6-10)20-9-18-8-14(20)11-3-5-15(17)19-7-11/h2-9H,1H3,(H2,17,19). The van der Waals surface area contributed by atoms with Crippen molar-refractivity contribution in [3.63, 3.8) is 0 Å². The van der Waals surface area contributed by atoms with Gasteiger partial charge in [-0.1, -0.05) is 17.7 Å². The molecule has 0 bridgehead atoms. The fourth-order valence-electron chi connectivity index (χ4n) is 2.06. The highest BCUT2D eigenvalue weighted by atomic mass is 35.5. The van der Waals surface area contributed by atoms with E-state index in [2.05, 4.69) is 9.97 Å². The molecule has 0 radical (unpaired) electrons. The minimum atomic E-state index is 0.494. The first kappa shape index (κ1) is 12.7. The van der Waals surface area contributed by atoms with E-state index in [9.17, 15) is 0 Å². The average Bonchev–Trinajstić information content (AvgIpc) is 2.91. The molecule has 2 heterocycles. The Morgan fingerprint density at radius 2 is 2.00 bits per heavy atom. The average molecular weight is 285 g/mol. The molecule has 0 aliphatic heterocycles. The van der Waals surface area contributed by atoms with E-state index in [0.717, 1.165) is 22.5 Å². The fraction of sp³-hybridized carbons (Fsp3) is 0.0667. The molecule has 1 aromatic carbocycles. The molecule has 0 spiro atoms. The number of aryl methyl sites for hydroxylation is 1. The van der Waals surface area contributed by atoms with Crippen LogP contribution >= 0.6 is 11.6 Å². The molecule has 3 rings (SSSR count). The van der Waals surface area contributed by atoms with Crippen molar-refractivity contribution in [3.05, 3.63) is 59.6 Å². The highest BCUT2D eigenvalue weighted by molar-refractivity contribution is 6.32. The lowest BCUT2D eigenvalue weighted by Crippen LogP contribution is -1.98.